The van der Waals surface area contributed by atoms with Crippen LogP contribution in [-0.4, -0.2) is 16.0 Å². The highest BCUT2D eigenvalue weighted by Crippen LogP contribution is 2.22. The minimum atomic E-state index is 0.0815. The van der Waals surface area contributed by atoms with Gasteiger partial charge < -0.3 is 0 Å². The number of carbonyl (C=O) groups excluding carboxylic acids is 1. The first-order chi connectivity index (χ1) is 7.18. The van der Waals surface area contributed by atoms with Crippen molar-refractivity contribution in [2.24, 2.45) is 0 Å². The van der Waals surface area contributed by atoms with Gasteiger partial charge in [0.25, 0.3) is 0 Å². The second-order valence-corrected chi connectivity index (χ2v) is 3.55. The molecule has 0 aliphatic heterocycles. The Labute approximate surface area is 88.1 Å². The number of ketones is 1. The zero-order chi connectivity index (χ0) is 10.8. The van der Waals surface area contributed by atoms with Crippen LogP contribution in [0.25, 0.3) is 11.1 Å². The molecule has 3 heteroatoms. The average molecular weight is 200 g/mol. The third-order valence-corrected chi connectivity index (χ3v) is 2.41. The molecule has 15 heavy (non-hydrogen) atoms. The Kier molecular flexibility index (Phi) is 2.37. The summed E-state index contributed by atoms with van der Waals surface area (Å²) in [6, 6.07) is 7.57. The lowest BCUT2D eigenvalue weighted by molar-refractivity contribution is 0.101. The van der Waals surface area contributed by atoms with Crippen molar-refractivity contribution in [3.63, 3.8) is 0 Å². The summed E-state index contributed by atoms with van der Waals surface area (Å²) < 4.78 is 0. The fourth-order valence-corrected chi connectivity index (χ4v) is 1.55. The van der Waals surface area contributed by atoms with E-state index in [4.69, 9.17) is 0 Å². The van der Waals surface area contributed by atoms with Crippen molar-refractivity contribution in [3.8, 4) is 11.1 Å². The van der Waals surface area contributed by atoms with E-state index in [9.17, 15) is 4.79 Å². The van der Waals surface area contributed by atoms with Crippen molar-refractivity contribution in [1.82, 2.24) is 10.2 Å². The fraction of sp³-hybridized carbons (Fsp3) is 0.167. The summed E-state index contributed by atoms with van der Waals surface area (Å²) in [5, 5.41) is 6.84. The zero-order valence-electron chi connectivity index (χ0n) is 8.74. The molecule has 1 aromatic heterocycles. The number of aromatic nitrogens is 2. The van der Waals surface area contributed by atoms with Crippen LogP contribution < -0.4 is 0 Å². The van der Waals surface area contributed by atoms with Crippen LogP contribution in [-0.2, 0) is 0 Å². The summed E-state index contributed by atoms with van der Waals surface area (Å²) in [4.78, 5) is 11.2. The molecule has 76 valence electrons. The molecule has 3 nitrogen and oxygen atoms in total. The van der Waals surface area contributed by atoms with Crippen molar-refractivity contribution < 1.29 is 4.79 Å². The van der Waals surface area contributed by atoms with Crippen molar-refractivity contribution in [1.29, 1.82) is 0 Å². The van der Waals surface area contributed by atoms with Gasteiger partial charge in [-0.2, -0.15) is 5.10 Å². The first kappa shape index (κ1) is 9.65. The van der Waals surface area contributed by atoms with E-state index >= 15 is 0 Å². The lowest BCUT2D eigenvalue weighted by Gasteiger charge is -2.01. The van der Waals surface area contributed by atoms with Crippen molar-refractivity contribution in [2.75, 3.05) is 0 Å². The molecule has 2 rings (SSSR count). The Morgan fingerprint density at radius 3 is 2.80 bits per heavy atom. The maximum atomic E-state index is 11.2. The summed E-state index contributed by atoms with van der Waals surface area (Å²) in [7, 11) is 0. The normalized spacial score (nSPS) is 10.3. The highest BCUT2D eigenvalue weighted by molar-refractivity contribution is 5.95. The standard InChI is InChI=1S/C12H12N2O/c1-8-12(7-13-14-8)11-5-3-4-10(6-11)9(2)15/h3-7H,1-2H3,(H,13,14). The highest BCUT2D eigenvalue weighted by atomic mass is 16.1. The lowest BCUT2D eigenvalue weighted by Crippen LogP contribution is -1.91. The lowest BCUT2D eigenvalue weighted by atomic mass is 10.0. The molecule has 0 bridgehead atoms. The van der Waals surface area contributed by atoms with E-state index in [2.05, 4.69) is 10.2 Å². The van der Waals surface area contributed by atoms with Crippen molar-refractivity contribution in [3.05, 3.63) is 41.7 Å². The van der Waals surface area contributed by atoms with Crippen LogP contribution in [0.5, 0.6) is 0 Å². The Hall–Kier alpha value is -1.90. The molecule has 1 aromatic carbocycles. The minimum absolute atomic E-state index is 0.0815. The molecule has 1 N–H and O–H groups in total. The number of Topliss-reactive ketones (excluding diaryl/α,β-unsaturated/α-hetero) is 1. The Balaban J connectivity index is 2.50. The zero-order valence-corrected chi connectivity index (χ0v) is 8.74. The molecule has 1 heterocycles. The Morgan fingerprint density at radius 2 is 2.20 bits per heavy atom. The summed E-state index contributed by atoms with van der Waals surface area (Å²) in [6.07, 6.45) is 1.77. The van der Waals surface area contributed by atoms with Crippen LogP contribution in [0.3, 0.4) is 0 Å². The number of hydrogen-bond acceptors (Lipinski definition) is 2. The van der Waals surface area contributed by atoms with Crippen LogP contribution in [0.15, 0.2) is 30.5 Å². The topological polar surface area (TPSA) is 45.8 Å². The molecule has 0 spiro atoms. The predicted molar refractivity (Wildman–Crippen MR) is 58.8 cm³/mol. The summed E-state index contributed by atoms with van der Waals surface area (Å²) in [6.45, 7) is 3.53. The fourth-order valence-electron chi connectivity index (χ4n) is 1.55. The van der Waals surface area contributed by atoms with Crippen LogP contribution in [0.2, 0.25) is 0 Å². The quantitative estimate of drug-likeness (QED) is 0.757. The van der Waals surface area contributed by atoms with Gasteiger partial charge in [-0.1, -0.05) is 18.2 Å². The van der Waals surface area contributed by atoms with Gasteiger partial charge in [0.15, 0.2) is 5.78 Å². The molecule has 0 fully saturated rings. The number of H-pyrrole nitrogens is 1. The minimum Gasteiger partial charge on any atom is -0.295 e. The number of aromatic amines is 1. The van der Waals surface area contributed by atoms with Crippen LogP contribution in [0.1, 0.15) is 23.0 Å². The van der Waals surface area contributed by atoms with Gasteiger partial charge in [0.05, 0.1) is 6.20 Å². The van der Waals surface area contributed by atoms with Gasteiger partial charge >= 0.3 is 0 Å². The van der Waals surface area contributed by atoms with Crippen LogP contribution in [0, 0.1) is 6.92 Å². The SMILES string of the molecule is CC(=O)c1cccc(-c2cn[nH]c2C)c1. The molecule has 0 amide bonds. The van der Waals surface area contributed by atoms with E-state index in [1.54, 1.807) is 13.1 Å². The third kappa shape index (κ3) is 1.81. The smallest absolute Gasteiger partial charge is 0.159 e. The largest absolute Gasteiger partial charge is 0.295 e. The van der Waals surface area contributed by atoms with Gasteiger partial charge in [-0.05, 0) is 25.5 Å². The van der Waals surface area contributed by atoms with Gasteiger partial charge in [0, 0.05) is 16.8 Å². The molecule has 0 unspecified atom stereocenters. The maximum Gasteiger partial charge on any atom is 0.159 e. The number of rotatable bonds is 2. The summed E-state index contributed by atoms with van der Waals surface area (Å²) in [5.74, 6) is 0.0815. The van der Waals surface area contributed by atoms with Crippen molar-refractivity contribution in [2.45, 2.75) is 13.8 Å². The van der Waals surface area contributed by atoms with Crippen LogP contribution in [0.4, 0.5) is 0 Å². The van der Waals surface area contributed by atoms with Crippen molar-refractivity contribution >= 4 is 5.78 Å². The predicted octanol–water partition coefficient (Wildman–Crippen LogP) is 2.59. The number of aryl methyl sites for hydroxylation is 1. The molecule has 0 saturated heterocycles. The molecular weight excluding hydrogens is 188 g/mol. The molecule has 0 aliphatic rings. The Morgan fingerprint density at radius 1 is 1.40 bits per heavy atom. The van der Waals surface area contributed by atoms with E-state index in [-0.39, 0.29) is 5.78 Å². The van der Waals surface area contributed by atoms with Gasteiger partial charge in [0.2, 0.25) is 0 Å². The van der Waals surface area contributed by atoms with E-state index in [0.717, 1.165) is 22.4 Å². The molecule has 0 atom stereocenters. The van der Waals surface area contributed by atoms with E-state index < -0.39 is 0 Å². The first-order valence-electron chi connectivity index (χ1n) is 4.80. The monoisotopic (exact) mass is 200 g/mol. The molecule has 0 radical (unpaired) electrons. The second-order valence-electron chi connectivity index (χ2n) is 3.55. The maximum absolute atomic E-state index is 11.2. The number of carbonyl (C=O) groups is 1. The second kappa shape index (κ2) is 3.69. The number of nitrogens with zero attached hydrogens (tertiary/aromatic N) is 1. The molecule has 0 saturated carbocycles. The van der Waals surface area contributed by atoms with Gasteiger partial charge in [-0.25, -0.2) is 0 Å². The summed E-state index contributed by atoms with van der Waals surface area (Å²) in [5.41, 5.74) is 3.80. The van der Waals surface area contributed by atoms with Gasteiger partial charge in [0.1, 0.15) is 0 Å². The van der Waals surface area contributed by atoms with Gasteiger partial charge in [-0.15, -0.1) is 0 Å². The number of benzene rings is 1. The molecule has 2 aromatic rings. The molecular formula is C12H12N2O. The van der Waals surface area contributed by atoms with E-state index in [1.165, 1.54) is 0 Å². The Bertz CT molecular complexity index is 500. The highest BCUT2D eigenvalue weighted by Gasteiger charge is 2.05. The number of hydrogen-bond donors (Lipinski definition) is 1. The van der Waals surface area contributed by atoms with E-state index in [0.29, 0.717) is 0 Å². The van der Waals surface area contributed by atoms with E-state index in [1.807, 2.05) is 31.2 Å². The average Bonchev–Trinajstić information content (AvgIpc) is 2.64. The third-order valence-electron chi connectivity index (χ3n) is 2.41. The summed E-state index contributed by atoms with van der Waals surface area (Å²) >= 11 is 0. The first-order valence-corrected chi connectivity index (χ1v) is 4.80. The molecule has 0 aliphatic carbocycles. The van der Waals surface area contributed by atoms with Crippen LogP contribution >= 0.6 is 0 Å². The number of nitrogens with one attached hydrogen (secondary N) is 1. The van der Waals surface area contributed by atoms with Gasteiger partial charge in [-0.3, -0.25) is 9.89 Å².